The van der Waals surface area contributed by atoms with Gasteiger partial charge in [0.2, 0.25) is 0 Å². The van der Waals surface area contributed by atoms with E-state index in [1.54, 1.807) is 24.9 Å². The standard InChI is InChI=1S/C28H27N7O/c1-27(2)24-12-17-11-21-22(34-25(33-21)23-14-29-7-8-30-23)13-18(17)28(27,3)6-9-35(24)26(36)16-4-5-19-20(10-16)32-15-31-19/h4-5,7-8,10-11,13-15,24H,6,9,12H2,1-3H3,(H,31,32)(H,33,34)/t24-,28+/m1/s1. The Bertz CT molecular complexity index is 1650. The highest BCUT2D eigenvalue weighted by Gasteiger charge is 2.57. The van der Waals surface area contributed by atoms with Crippen LogP contribution in [-0.2, 0) is 11.8 Å². The normalized spacial score (nSPS) is 22.6. The molecule has 180 valence electrons. The zero-order valence-electron chi connectivity index (χ0n) is 20.5. The highest BCUT2D eigenvalue weighted by atomic mass is 16.2. The number of aromatic amines is 2. The molecule has 8 heteroatoms. The first-order chi connectivity index (χ1) is 17.3. The number of hydrogen-bond donors (Lipinski definition) is 2. The number of imidazole rings is 2. The van der Waals surface area contributed by atoms with E-state index in [2.05, 4.69) is 62.7 Å². The molecule has 1 fully saturated rings. The summed E-state index contributed by atoms with van der Waals surface area (Å²) in [7, 11) is 0. The average Bonchev–Trinajstić information content (AvgIpc) is 3.52. The van der Waals surface area contributed by atoms with Gasteiger partial charge in [-0.2, -0.15) is 0 Å². The lowest BCUT2D eigenvalue weighted by Crippen LogP contribution is -2.64. The van der Waals surface area contributed by atoms with E-state index in [0.717, 1.165) is 53.0 Å². The maximum absolute atomic E-state index is 13.8. The maximum atomic E-state index is 13.8. The number of carbonyl (C=O) groups excluding carboxylic acids is 1. The van der Waals surface area contributed by atoms with Crippen molar-refractivity contribution in [1.82, 2.24) is 34.8 Å². The largest absolute Gasteiger partial charge is 0.345 e. The summed E-state index contributed by atoms with van der Waals surface area (Å²) in [6.07, 6.45) is 8.43. The van der Waals surface area contributed by atoms with Gasteiger partial charge in [0.05, 0.1) is 34.6 Å². The lowest BCUT2D eigenvalue weighted by atomic mass is 9.51. The molecule has 0 radical (unpaired) electrons. The van der Waals surface area contributed by atoms with Crippen molar-refractivity contribution in [3.8, 4) is 11.5 Å². The molecule has 1 saturated heterocycles. The van der Waals surface area contributed by atoms with E-state index in [0.29, 0.717) is 5.56 Å². The number of likely N-dealkylation sites (tertiary alicyclic amines) is 1. The fourth-order valence-corrected chi connectivity index (χ4v) is 6.44. The van der Waals surface area contributed by atoms with Crippen molar-refractivity contribution < 1.29 is 4.79 Å². The minimum Gasteiger partial charge on any atom is -0.345 e. The van der Waals surface area contributed by atoms with Crippen molar-refractivity contribution in [2.45, 2.75) is 45.1 Å². The molecular formula is C28H27N7O. The Morgan fingerprint density at radius 3 is 2.78 bits per heavy atom. The fraction of sp³-hybridized carbons (Fsp3) is 0.321. The molecule has 1 aliphatic heterocycles. The molecule has 4 heterocycles. The SMILES string of the molecule is CC1(C)[C@H]2Cc3cc4[nH]c(-c5cnccn5)nc4cc3[C@]1(C)CCN2C(=O)c1ccc2nc[nH]c2c1. The number of fused-ring (bicyclic) bond motifs is 6. The number of carbonyl (C=O) groups is 1. The second-order valence-corrected chi connectivity index (χ2v) is 10.9. The number of amides is 1. The molecule has 1 amide bonds. The van der Waals surface area contributed by atoms with E-state index in [4.69, 9.17) is 4.98 Å². The van der Waals surface area contributed by atoms with Crippen LogP contribution in [0.3, 0.4) is 0 Å². The number of H-pyrrole nitrogens is 2. The minimum atomic E-state index is -0.107. The summed E-state index contributed by atoms with van der Waals surface area (Å²) in [6, 6.07) is 10.3. The molecule has 2 N–H and O–H groups in total. The number of aromatic nitrogens is 6. The quantitative estimate of drug-likeness (QED) is 0.385. The van der Waals surface area contributed by atoms with Crippen LogP contribution in [-0.4, -0.2) is 53.3 Å². The van der Waals surface area contributed by atoms with Crippen LogP contribution < -0.4 is 0 Å². The molecule has 2 aliphatic rings. The molecule has 2 atom stereocenters. The predicted octanol–water partition coefficient (Wildman–Crippen LogP) is 4.65. The van der Waals surface area contributed by atoms with Gasteiger partial charge in [-0.15, -0.1) is 0 Å². The van der Waals surface area contributed by atoms with Crippen molar-refractivity contribution in [3.05, 3.63) is 71.9 Å². The molecule has 0 spiro atoms. The average molecular weight is 478 g/mol. The summed E-state index contributed by atoms with van der Waals surface area (Å²) in [4.78, 5) is 40.2. The zero-order chi connectivity index (χ0) is 24.7. The number of nitrogens with zero attached hydrogens (tertiary/aromatic N) is 5. The van der Waals surface area contributed by atoms with Crippen LogP contribution in [0.1, 0.15) is 48.7 Å². The van der Waals surface area contributed by atoms with E-state index in [-0.39, 0.29) is 22.8 Å². The smallest absolute Gasteiger partial charge is 0.254 e. The van der Waals surface area contributed by atoms with Gasteiger partial charge < -0.3 is 14.9 Å². The second kappa shape index (κ2) is 7.22. The molecule has 0 saturated carbocycles. The van der Waals surface area contributed by atoms with E-state index in [1.807, 2.05) is 18.2 Å². The lowest BCUT2D eigenvalue weighted by molar-refractivity contribution is -0.0261. The van der Waals surface area contributed by atoms with Gasteiger partial charge in [-0.25, -0.2) is 15.0 Å². The number of hydrogen-bond acceptors (Lipinski definition) is 5. The number of piperidine rings is 1. The predicted molar refractivity (Wildman–Crippen MR) is 137 cm³/mol. The van der Waals surface area contributed by atoms with Gasteiger partial charge in [-0.1, -0.05) is 20.8 Å². The van der Waals surface area contributed by atoms with Crippen LogP contribution >= 0.6 is 0 Å². The number of rotatable bonds is 2. The van der Waals surface area contributed by atoms with Crippen LogP contribution in [0.15, 0.2) is 55.2 Å². The van der Waals surface area contributed by atoms with Crippen LogP contribution in [0.4, 0.5) is 0 Å². The Morgan fingerprint density at radius 2 is 1.94 bits per heavy atom. The Labute approximate surface area is 208 Å². The molecule has 1 aliphatic carbocycles. The molecule has 0 unspecified atom stereocenters. The Balaban J connectivity index is 1.30. The second-order valence-electron chi connectivity index (χ2n) is 10.9. The summed E-state index contributed by atoms with van der Waals surface area (Å²) < 4.78 is 0. The summed E-state index contributed by atoms with van der Waals surface area (Å²) in [6.45, 7) is 7.72. The summed E-state index contributed by atoms with van der Waals surface area (Å²) in [5.74, 6) is 0.807. The van der Waals surface area contributed by atoms with Gasteiger partial charge in [0.1, 0.15) is 5.69 Å². The third kappa shape index (κ3) is 2.84. The Morgan fingerprint density at radius 1 is 1.06 bits per heavy atom. The van der Waals surface area contributed by atoms with E-state index in [1.165, 1.54) is 11.1 Å². The summed E-state index contributed by atoms with van der Waals surface area (Å²) >= 11 is 0. The van der Waals surface area contributed by atoms with Crippen LogP contribution in [0.25, 0.3) is 33.6 Å². The van der Waals surface area contributed by atoms with E-state index >= 15 is 0 Å². The summed E-state index contributed by atoms with van der Waals surface area (Å²) in [5.41, 5.74) is 7.56. The third-order valence-electron chi connectivity index (χ3n) is 8.93. The molecule has 3 aromatic heterocycles. The summed E-state index contributed by atoms with van der Waals surface area (Å²) in [5, 5.41) is 0. The topological polar surface area (TPSA) is 103 Å². The molecule has 7 rings (SSSR count). The number of benzene rings is 2. The van der Waals surface area contributed by atoms with Gasteiger partial charge in [0.15, 0.2) is 5.82 Å². The van der Waals surface area contributed by atoms with Crippen molar-refractivity contribution in [2.24, 2.45) is 5.41 Å². The first-order valence-electron chi connectivity index (χ1n) is 12.4. The van der Waals surface area contributed by atoms with E-state index < -0.39 is 0 Å². The van der Waals surface area contributed by atoms with Crippen molar-refractivity contribution in [2.75, 3.05) is 6.54 Å². The van der Waals surface area contributed by atoms with Crippen molar-refractivity contribution >= 4 is 28.0 Å². The first-order valence-corrected chi connectivity index (χ1v) is 12.4. The monoisotopic (exact) mass is 477 g/mol. The molecule has 2 bridgehead atoms. The minimum absolute atomic E-state index is 0.0742. The molecule has 36 heavy (non-hydrogen) atoms. The lowest BCUT2D eigenvalue weighted by Gasteiger charge is -2.60. The van der Waals surface area contributed by atoms with Gasteiger partial charge in [0.25, 0.3) is 5.91 Å². The van der Waals surface area contributed by atoms with Gasteiger partial charge in [0, 0.05) is 36.0 Å². The van der Waals surface area contributed by atoms with Crippen LogP contribution in [0.5, 0.6) is 0 Å². The van der Waals surface area contributed by atoms with Crippen molar-refractivity contribution in [3.63, 3.8) is 0 Å². The highest BCUT2D eigenvalue weighted by molar-refractivity contribution is 5.97. The third-order valence-corrected chi connectivity index (χ3v) is 8.93. The van der Waals surface area contributed by atoms with Crippen LogP contribution in [0.2, 0.25) is 0 Å². The number of nitrogens with one attached hydrogen (secondary N) is 2. The van der Waals surface area contributed by atoms with E-state index in [9.17, 15) is 4.79 Å². The van der Waals surface area contributed by atoms with Crippen molar-refractivity contribution in [1.29, 1.82) is 0 Å². The Hall–Kier alpha value is -4.07. The van der Waals surface area contributed by atoms with Crippen LogP contribution in [0, 0.1) is 5.41 Å². The maximum Gasteiger partial charge on any atom is 0.254 e. The fourth-order valence-electron chi connectivity index (χ4n) is 6.44. The van der Waals surface area contributed by atoms with Gasteiger partial charge in [-0.05, 0) is 59.7 Å². The zero-order valence-corrected chi connectivity index (χ0v) is 20.5. The highest BCUT2D eigenvalue weighted by Crippen LogP contribution is 2.56. The first kappa shape index (κ1) is 21.2. The molecular weight excluding hydrogens is 450 g/mol. The van der Waals surface area contributed by atoms with Gasteiger partial charge in [-0.3, -0.25) is 9.78 Å². The molecule has 8 nitrogen and oxygen atoms in total. The van der Waals surface area contributed by atoms with Gasteiger partial charge >= 0.3 is 0 Å². The molecule has 2 aromatic carbocycles. The Kier molecular flexibility index (Phi) is 4.26. The molecule has 5 aromatic rings.